The van der Waals surface area contributed by atoms with Crippen LogP contribution in [0.4, 0.5) is 0 Å². The van der Waals surface area contributed by atoms with Crippen molar-refractivity contribution in [2.75, 3.05) is 0 Å². The first-order valence-electron chi connectivity index (χ1n) is 9.80. The van der Waals surface area contributed by atoms with E-state index in [0.29, 0.717) is 17.5 Å². The van der Waals surface area contributed by atoms with Crippen LogP contribution in [0.25, 0.3) is 0 Å². The summed E-state index contributed by atoms with van der Waals surface area (Å²) in [5.74, 6) is -1.99. The Morgan fingerprint density at radius 1 is 0.885 bits per heavy atom. The van der Waals surface area contributed by atoms with Crippen LogP contribution in [0.1, 0.15) is 108 Å². The van der Waals surface area contributed by atoms with Gasteiger partial charge in [-0.15, -0.1) is 0 Å². The number of carboxylic acids is 1. The summed E-state index contributed by atoms with van der Waals surface area (Å²) in [5, 5.41) is 11.5. The van der Waals surface area contributed by atoms with Gasteiger partial charge in [0.2, 0.25) is 0 Å². The SMILES string of the molecule is CCCCCCCCCCCCc1cc(C(=O)O)cc2c1C(=O)NC2=O. The lowest BCUT2D eigenvalue weighted by atomic mass is 9.94. The lowest BCUT2D eigenvalue weighted by Gasteiger charge is -2.08. The Kier molecular flexibility index (Phi) is 7.82. The molecule has 1 aromatic carbocycles. The van der Waals surface area contributed by atoms with Crippen LogP contribution in [0.15, 0.2) is 12.1 Å². The summed E-state index contributed by atoms with van der Waals surface area (Å²) in [4.78, 5) is 35.1. The molecule has 0 unspecified atom stereocenters. The number of benzene rings is 1. The second-order valence-electron chi connectivity index (χ2n) is 7.08. The van der Waals surface area contributed by atoms with Crippen LogP contribution in [0.5, 0.6) is 0 Å². The smallest absolute Gasteiger partial charge is 0.335 e. The molecule has 1 heterocycles. The third-order valence-corrected chi connectivity index (χ3v) is 4.97. The Hall–Kier alpha value is -2.17. The molecular formula is C21H29NO4. The minimum Gasteiger partial charge on any atom is -0.478 e. The van der Waals surface area contributed by atoms with Gasteiger partial charge in [-0.1, -0.05) is 64.7 Å². The van der Waals surface area contributed by atoms with Crippen molar-refractivity contribution in [2.45, 2.75) is 77.6 Å². The minimum absolute atomic E-state index is 0.0654. The van der Waals surface area contributed by atoms with Gasteiger partial charge < -0.3 is 5.11 Å². The molecule has 26 heavy (non-hydrogen) atoms. The van der Waals surface area contributed by atoms with Crippen LogP contribution in [0.3, 0.4) is 0 Å². The monoisotopic (exact) mass is 359 g/mol. The lowest BCUT2D eigenvalue weighted by Crippen LogP contribution is -2.20. The van der Waals surface area contributed by atoms with Crippen molar-refractivity contribution in [3.05, 3.63) is 34.4 Å². The molecule has 0 bridgehead atoms. The Morgan fingerprint density at radius 2 is 1.46 bits per heavy atom. The molecule has 1 aromatic rings. The van der Waals surface area contributed by atoms with Crippen molar-refractivity contribution >= 4 is 17.8 Å². The highest BCUT2D eigenvalue weighted by Crippen LogP contribution is 2.24. The molecule has 2 N–H and O–H groups in total. The summed E-state index contributed by atoms with van der Waals surface area (Å²) < 4.78 is 0. The van der Waals surface area contributed by atoms with E-state index >= 15 is 0 Å². The molecule has 5 heteroatoms. The summed E-state index contributed by atoms with van der Waals surface area (Å²) >= 11 is 0. The van der Waals surface area contributed by atoms with Crippen LogP contribution in [-0.4, -0.2) is 22.9 Å². The van der Waals surface area contributed by atoms with Gasteiger partial charge in [0.15, 0.2) is 0 Å². The van der Waals surface area contributed by atoms with Crippen molar-refractivity contribution in [3.63, 3.8) is 0 Å². The van der Waals surface area contributed by atoms with Gasteiger partial charge in [-0.25, -0.2) is 4.79 Å². The molecule has 0 fully saturated rings. The minimum atomic E-state index is -1.08. The Morgan fingerprint density at radius 3 is 2.04 bits per heavy atom. The van der Waals surface area contributed by atoms with E-state index in [1.54, 1.807) is 0 Å². The Balaban J connectivity index is 1.81. The van der Waals surface area contributed by atoms with Crippen LogP contribution in [0.2, 0.25) is 0 Å². The third kappa shape index (κ3) is 5.41. The predicted molar refractivity (Wildman–Crippen MR) is 101 cm³/mol. The highest BCUT2D eigenvalue weighted by atomic mass is 16.4. The zero-order valence-electron chi connectivity index (χ0n) is 15.6. The van der Waals surface area contributed by atoms with Crippen LogP contribution in [0, 0.1) is 0 Å². The fourth-order valence-electron chi connectivity index (χ4n) is 3.51. The highest BCUT2D eigenvalue weighted by Gasteiger charge is 2.30. The molecule has 142 valence electrons. The zero-order valence-corrected chi connectivity index (χ0v) is 15.6. The Labute approximate surface area is 155 Å². The van der Waals surface area contributed by atoms with Crippen molar-refractivity contribution in [3.8, 4) is 0 Å². The van der Waals surface area contributed by atoms with E-state index in [1.807, 2.05) is 0 Å². The third-order valence-electron chi connectivity index (χ3n) is 4.97. The number of carbonyl (C=O) groups excluding carboxylic acids is 2. The maximum atomic E-state index is 12.0. The van der Waals surface area contributed by atoms with E-state index in [0.717, 1.165) is 19.3 Å². The predicted octanol–water partition coefficient (Wildman–Crippen LogP) is 4.73. The number of carboxylic acid groups (broad SMARTS) is 1. The normalized spacial score (nSPS) is 13.0. The molecule has 1 aliphatic rings. The van der Waals surface area contributed by atoms with Crippen LogP contribution < -0.4 is 5.32 Å². The molecule has 0 saturated carbocycles. The fraction of sp³-hybridized carbons (Fsp3) is 0.571. The van der Waals surface area contributed by atoms with E-state index in [-0.39, 0.29) is 11.1 Å². The van der Waals surface area contributed by atoms with Crippen molar-refractivity contribution < 1.29 is 19.5 Å². The molecular weight excluding hydrogens is 330 g/mol. The first-order valence-corrected chi connectivity index (χ1v) is 9.80. The quantitative estimate of drug-likeness (QED) is 0.417. The summed E-state index contributed by atoms with van der Waals surface area (Å²) in [6.45, 7) is 2.22. The topological polar surface area (TPSA) is 83.5 Å². The Bertz CT molecular complexity index is 666. The van der Waals surface area contributed by atoms with E-state index < -0.39 is 17.8 Å². The first-order chi connectivity index (χ1) is 12.5. The molecule has 0 saturated heterocycles. The van der Waals surface area contributed by atoms with E-state index in [9.17, 15) is 19.5 Å². The van der Waals surface area contributed by atoms with E-state index in [1.165, 1.54) is 57.1 Å². The second kappa shape index (κ2) is 10.1. The molecule has 0 spiro atoms. The van der Waals surface area contributed by atoms with E-state index in [2.05, 4.69) is 12.2 Å². The average molecular weight is 359 g/mol. The maximum Gasteiger partial charge on any atom is 0.335 e. The number of hydrogen-bond donors (Lipinski definition) is 2. The number of hydrogen-bond acceptors (Lipinski definition) is 3. The van der Waals surface area contributed by atoms with Gasteiger partial charge in [-0.2, -0.15) is 0 Å². The van der Waals surface area contributed by atoms with E-state index in [4.69, 9.17) is 0 Å². The maximum absolute atomic E-state index is 12.0. The van der Waals surface area contributed by atoms with Crippen LogP contribution in [-0.2, 0) is 6.42 Å². The van der Waals surface area contributed by atoms with Crippen LogP contribution >= 0.6 is 0 Å². The molecule has 2 rings (SSSR count). The molecule has 0 aromatic heterocycles. The zero-order chi connectivity index (χ0) is 18.9. The lowest BCUT2D eigenvalue weighted by molar-refractivity contribution is 0.0696. The number of carbonyl (C=O) groups is 3. The number of fused-ring (bicyclic) bond motifs is 1. The number of rotatable bonds is 12. The van der Waals surface area contributed by atoms with Gasteiger partial charge >= 0.3 is 5.97 Å². The van der Waals surface area contributed by atoms with Gasteiger partial charge in [0, 0.05) is 0 Å². The molecule has 1 aliphatic heterocycles. The van der Waals surface area contributed by atoms with Gasteiger partial charge in [-0.3, -0.25) is 14.9 Å². The van der Waals surface area contributed by atoms with Gasteiger partial charge in [0.25, 0.3) is 11.8 Å². The van der Waals surface area contributed by atoms with Gasteiger partial charge in [-0.05, 0) is 30.5 Å². The summed E-state index contributed by atoms with van der Waals surface area (Å²) in [7, 11) is 0. The summed E-state index contributed by atoms with van der Waals surface area (Å²) in [6.07, 6.45) is 12.8. The second-order valence-corrected chi connectivity index (χ2v) is 7.08. The molecule has 5 nitrogen and oxygen atoms in total. The number of nitrogens with one attached hydrogen (secondary N) is 1. The summed E-state index contributed by atoms with van der Waals surface area (Å²) in [6, 6.07) is 2.83. The molecule has 0 radical (unpaired) electrons. The van der Waals surface area contributed by atoms with Crippen molar-refractivity contribution in [1.29, 1.82) is 0 Å². The van der Waals surface area contributed by atoms with Gasteiger partial charge in [0.1, 0.15) is 0 Å². The van der Waals surface area contributed by atoms with Gasteiger partial charge in [0.05, 0.1) is 16.7 Å². The average Bonchev–Trinajstić information content (AvgIpc) is 2.90. The molecule has 0 atom stereocenters. The highest BCUT2D eigenvalue weighted by molar-refractivity contribution is 6.22. The number of aromatic carboxylic acids is 1. The number of unbranched alkanes of at least 4 members (excludes halogenated alkanes) is 9. The molecule has 0 aliphatic carbocycles. The standard InChI is InChI=1S/C21H29NO4/c1-2-3-4-5-6-7-8-9-10-11-12-15-13-16(21(25)26)14-17-18(15)20(24)22-19(17)23/h13-14H,2-12H2,1H3,(H,25,26)(H,22,23,24). The number of aryl methyl sites for hydroxylation is 1. The summed E-state index contributed by atoms with van der Waals surface area (Å²) in [5.41, 5.74) is 1.28. The number of imide groups is 1. The largest absolute Gasteiger partial charge is 0.478 e. The molecule has 2 amide bonds. The number of amides is 2. The van der Waals surface area contributed by atoms with Crippen molar-refractivity contribution in [1.82, 2.24) is 5.32 Å². The first kappa shape index (κ1) is 20.1. The fourth-order valence-corrected chi connectivity index (χ4v) is 3.51. The van der Waals surface area contributed by atoms with Crippen molar-refractivity contribution in [2.24, 2.45) is 0 Å².